The van der Waals surface area contributed by atoms with Crippen LogP contribution in [0.2, 0.25) is 5.02 Å². The Bertz CT molecular complexity index is 913. The number of amides is 1. The lowest BCUT2D eigenvalue weighted by molar-refractivity contribution is -0.128. The van der Waals surface area contributed by atoms with E-state index in [1.165, 1.54) is 0 Å². The zero-order valence-electron chi connectivity index (χ0n) is 16.2. The molecule has 28 heavy (non-hydrogen) atoms. The van der Waals surface area contributed by atoms with Crippen LogP contribution < -0.4 is 4.90 Å². The number of ketones is 1. The van der Waals surface area contributed by atoms with Crippen molar-refractivity contribution >= 4 is 29.0 Å². The van der Waals surface area contributed by atoms with Gasteiger partial charge in [-0.2, -0.15) is 0 Å². The first kappa shape index (κ1) is 19.1. The molecule has 4 nitrogen and oxygen atoms in total. The summed E-state index contributed by atoms with van der Waals surface area (Å²) < 4.78 is 0. The summed E-state index contributed by atoms with van der Waals surface area (Å²) in [5.41, 5.74) is 1.94. The summed E-state index contributed by atoms with van der Waals surface area (Å²) in [5.74, 6) is 0.523. The van der Waals surface area contributed by atoms with E-state index in [1.807, 2.05) is 48.2 Å². The standard InChI is InChI=1S/C23H25ClN2O2/c1-16-5-2-9-20(25-16)21(27)13-17-6-4-10-23(15-17)11-12-26(22(23)28)19-8-3-7-18(24)14-19/h2-3,5,7-9,14,17H,4,6,10-13,15H2,1H3/t17-,23+/m1/s1. The molecule has 5 heteroatoms. The van der Waals surface area contributed by atoms with E-state index in [0.29, 0.717) is 17.1 Å². The second-order valence-electron chi connectivity index (χ2n) is 8.22. The molecule has 0 N–H and O–H groups in total. The van der Waals surface area contributed by atoms with Crippen LogP contribution in [0.4, 0.5) is 5.69 Å². The Kier molecular flexibility index (Phi) is 5.24. The molecule has 1 aliphatic heterocycles. The zero-order valence-corrected chi connectivity index (χ0v) is 16.9. The van der Waals surface area contributed by atoms with Crippen LogP contribution in [0.5, 0.6) is 0 Å². The van der Waals surface area contributed by atoms with Gasteiger partial charge in [-0.15, -0.1) is 0 Å². The first-order valence-electron chi connectivity index (χ1n) is 10.0. The highest BCUT2D eigenvalue weighted by Crippen LogP contribution is 2.48. The molecule has 1 saturated carbocycles. The summed E-state index contributed by atoms with van der Waals surface area (Å²) in [6.45, 7) is 2.62. The van der Waals surface area contributed by atoms with Crippen LogP contribution in [-0.2, 0) is 4.79 Å². The molecule has 2 heterocycles. The van der Waals surface area contributed by atoms with E-state index in [4.69, 9.17) is 11.6 Å². The van der Waals surface area contributed by atoms with Crippen molar-refractivity contribution in [3.05, 3.63) is 58.9 Å². The number of benzene rings is 1. The minimum Gasteiger partial charge on any atom is -0.312 e. The summed E-state index contributed by atoms with van der Waals surface area (Å²) in [6.07, 6.45) is 5.03. The van der Waals surface area contributed by atoms with Gasteiger partial charge in [0.1, 0.15) is 5.69 Å². The van der Waals surface area contributed by atoms with Gasteiger partial charge in [-0.1, -0.05) is 30.2 Å². The largest absolute Gasteiger partial charge is 0.312 e. The average Bonchev–Trinajstić information content (AvgIpc) is 2.97. The molecule has 1 aromatic heterocycles. The highest BCUT2D eigenvalue weighted by Gasteiger charge is 2.49. The third-order valence-electron chi connectivity index (χ3n) is 6.23. The van der Waals surface area contributed by atoms with E-state index in [9.17, 15) is 9.59 Å². The first-order chi connectivity index (χ1) is 13.5. The number of aromatic nitrogens is 1. The van der Waals surface area contributed by atoms with Crippen molar-refractivity contribution in [2.75, 3.05) is 11.4 Å². The normalized spacial score (nSPS) is 24.7. The topological polar surface area (TPSA) is 50.3 Å². The fraction of sp³-hybridized carbons (Fsp3) is 0.435. The molecule has 1 aliphatic carbocycles. The van der Waals surface area contributed by atoms with Gasteiger partial charge in [-0.25, -0.2) is 0 Å². The van der Waals surface area contributed by atoms with E-state index < -0.39 is 0 Å². The van der Waals surface area contributed by atoms with Gasteiger partial charge in [0.05, 0.1) is 5.41 Å². The van der Waals surface area contributed by atoms with Gasteiger partial charge in [-0.3, -0.25) is 14.6 Å². The van der Waals surface area contributed by atoms with E-state index in [2.05, 4.69) is 4.98 Å². The van der Waals surface area contributed by atoms with Crippen molar-refractivity contribution in [3.8, 4) is 0 Å². The van der Waals surface area contributed by atoms with E-state index in [0.717, 1.165) is 50.0 Å². The van der Waals surface area contributed by atoms with Crippen LogP contribution in [0.3, 0.4) is 0 Å². The quantitative estimate of drug-likeness (QED) is 0.665. The minimum absolute atomic E-state index is 0.0860. The van der Waals surface area contributed by atoms with Crippen molar-refractivity contribution in [1.29, 1.82) is 0 Å². The number of halogens is 1. The molecule has 4 rings (SSSR count). The predicted molar refractivity (Wildman–Crippen MR) is 111 cm³/mol. The maximum Gasteiger partial charge on any atom is 0.233 e. The number of carbonyl (C=O) groups excluding carboxylic acids is 2. The van der Waals surface area contributed by atoms with Crippen molar-refractivity contribution in [3.63, 3.8) is 0 Å². The first-order valence-corrected chi connectivity index (χ1v) is 10.4. The molecule has 1 saturated heterocycles. The smallest absolute Gasteiger partial charge is 0.233 e. The molecule has 1 aromatic carbocycles. The molecule has 0 radical (unpaired) electrons. The fourth-order valence-electron chi connectivity index (χ4n) is 4.86. The van der Waals surface area contributed by atoms with Gasteiger partial charge in [0.25, 0.3) is 0 Å². The van der Waals surface area contributed by atoms with Crippen molar-refractivity contribution in [2.24, 2.45) is 11.3 Å². The Morgan fingerprint density at radius 1 is 1.25 bits per heavy atom. The molecule has 0 unspecified atom stereocenters. The van der Waals surface area contributed by atoms with Crippen LogP contribution in [0.25, 0.3) is 0 Å². The Balaban J connectivity index is 1.47. The average molecular weight is 397 g/mol. The van der Waals surface area contributed by atoms with Crippen LogP contribution in [-0.4, -0.2) is 23.2 Å². The van der Waals surface area contributed by atoms with Crippen molar-refractivity contribution < 1.29 is 9.59 Å². The van der Waals surface area contributed by atoms with Crippen LogP contribution in [0.1, 0.15) is 54.7 Å². The van der Waals surface area contributed by atoms with Crippen molar-refractivity contribution in [2.45, 2.75) is 45.4 Å². The second-order valence-corrected chi connectivity index (χ2v) is 8.66. The molecular formula is C23H25ClN2O2. The Morgan fingerprint density at radius 2 is 2.07 bits per heavy atom. The molecule has 146 valence electrons. The number of Topliss-reactive ketones (excluding diaryl/α,β-unsaturated/α-hetero) is 1. The lowest BCUT2D eigenvalue weighted by Crippen LogP contribution is -2.38. The predicted octanol–water partition coefficient (Wildman–Crippen LogP) is 5.23. The lowest BCUT2D eigenvalue weighted by atomic mass is 9.67. The second kappa shape index (κ2) is 7.67. The maximum absolute atomic E-state index is 13.3. The molecule has 2 aromatic rings. The number of hydrogen-bond donors (Lipinski definition) is 0. The maximum atomic E-state index is 13.3. The number of pyridine rings is 1. The number of hydrogen-bond acceptors (Lipinski definition) is 3. The highest BCUT2D eigenvalue weighted by atomic mass is 35.5. The van der Waals surface area contributed by atoms with Gasteiger partial charge < -0.3 is 4.90 Å². The number of nitrogens with zero attached hydrogens (tertiary/aromatic N) is 2. The van der Waals surface area contributed by atoms with E-state index in [1.54, 1.807) is 6.07 Å². The van der Waals surface area contributed by atoms with Crippen LogP contribution >= 0.6 is 11.6 Å². The Hall–Kier alpha value is -2.20. The van der Waals surface area contributed by atoms with Crippen molar-refractivity contribution in [1.82, 2.24) is 4.98 Å². The minimum atomic E-state index is -0.328. The van der Waals surface area contributed by atoms with E-state index in [-0.39, 0.29) is 23.0 Å². The van der Waals surface area contributed by atoms with Crippen LogP contribution in [0.15, 0.2) is 42.5 Å². The van der Waals surface area contributed by atoms with Gasteiger partial charge in [-0.05, 0) is 68.9 Å². The fourth-order valence-corrected chi connectivity index (χ4v) is 5.04. The van der Waals surface area contributed by atoms with Gasteiger partial charge in [0, 0.05) is 29.4 Å². The Morgan fingerprint density at radius 3 is 2.86 bits per heavy atom. The van der Waals surface area contributed by atoms with Gasteiger partial charge in [0.2, 0.25) is 5.91 Å². The summed E-state index contributed by atoms with van der Waals surface area (Å²) in [4.78, 5) is 32.3. The summed E-state index contributed by atoms with van der Waals surface area (Å²) in [7, 11) is 0. The SMILES string of the molecule is Cc1cccc(C(=O)C[C@H]2CCC[C@]3(CCN(c4cccc(Cl)c4)C3=O)C2)n1. The number of carbonyl (C=O) groups is 2. The molecule has 1 spiro atoms. The third-order valence-corrected chi connectivity index (χ3v) is 6.46. The molecule has 2 atom stereocenters. The molecular weight excluding hydrogens is 372 g/mol. The third kappa shape index (κ3) is 3.70. The highest BCUT2D eigenvalue weighted by molar-refractivity contribution is 6.31. The molecule has 1 amide bonds. The van der Waals surface area contributed by atoms with Crippen LogP contribution in [0, 0.1) is 18.3 Å². The van der Waals surface area contributed by atoms with Gasteiger partial charge in [0.15, 0.2) is 5.78 Å². The molecule has 2 aliphatic rings. The number of rotatable bonds is 4. The molecule has 2 fully saturated rings. The number of anilines is 1. The lowest BCUT2D eigenvalue weighted by Gasteiger charge is -2.36. The molecule has 0 bridgehead atoms. The summed E-state index contributed by atoms with van der Waals surface area (Å²) >= 11 is 6.12. The Labute approximate surface area is 170 Å². The van der Waals surface area contributed by atoms with E-state index >= 15 is 0 Å². The summed E-state index contributed by atoms with van der Waals surface area (Å²) in [5, 5.41) is 0.643. The van der Waals surface area contributed by atoms with Gasteiger partial charge >= 0.3 is 0 Å². The monoisotopic (exact) mass is 396 g/mol. The number of aryl methyl sites for hydroxylation is 1. The zero-order chi connectivity index (χ0) is 19.7. The summed E-state index contributed by atoms with van der Waals surface area (Å²) in [6, 6.07) is 13.1.